The Bertz CT molecular complexity index is 586. The highest BCUT2D eigenvalue weighted by Crippen LogP contribution is 2.26. The number of aliphatic hydroxyl groups is 1. The minimum Gasteiger partial charge on any atom is -0.396 e. The van der Waals surface area contributed by atoms with Crippen molar-refractivity contribution in [3.63, 3.8) is 0 Å². The highest BCUT2D eigenvalue weighted by molar-refractivity contribution is 9.10. The second-order valence-electron chi connectivity index (χ2n) is 4.78. The van der Waals surface area contributed by atoms with Gasteiger partial charge in [-0.3, -0.25) is 0 Å². The van der Waals surface area contributed by atoms with Crippen molar-refractivity contribution in [2.45, 2.75) is 12.8 Å². The van der Waals surface area contributed by atoms with Gasteiger partial charge in [-0.05, 0) is 48.1 Å². The van der Waals surface area contributed by atoms with Crippen LogP contribution in [0.15, 0.2) is 46.9 Å². The summed E-state index contributed by atoms with van der Waals surface area (Å²) >= 11 is 15.8. The minimum atomic E-state index is 0.105. The Morgan fingerprint density at radius 3 is 2.20 bits per heavy atom. The van der Waals surface area contributed by atoms with E-state index in [1.807, 2.05) is 42.5 Å². The second kappa shape index (κ2) is 7.46. The van der Waals surface area contributed by atoms with Gasteiger partial charge in [-0.1, -0.05) is 63.4 Å². The van der Waals surface area contributed by atoms with Crippen LogP contribution in [-0.2, 0) is 12.8 Å². The van der Waals surface area contributed by atoms with Gasteiger partial charge in [-0.2, -0.15) is 0 Å². The molecule has 0 fully saturated rings. The largest absolute Gasteiger partial charge is 0.396 e. The summed E-state index contributed by atoms with van der Waals surface area (Å²) in [5, 5.41) is 11.1. The molecule has 1 atom stereocenters. The van der Waals surface area contributed by atoms with Crippen LogP contribution < -0.4 is 0 Å². The Kier molecular flexibility index (Phi) is 5.91. The third kappa shape index (κ3) is 4.23. The van der Waals surface area contributed by atoms with E-state index in [1.54, 1.807) is 0 Å². The number of benzene rings is 2. The molecule has 2 aromatic carbocycles. The van der Waals surface area contributed by atoms with Gasteiger partial charge in [0.1, 0.15) is 0 Å². The highest BCUT2D eigenvalue weighted by Gasteiger charge is 2.13. The van der Waals surface area contributed by atoms with E-state index in [2.05, 4.69) is 15.9 Å². The molecule has 106 valence electrons. The van der Waals surface area contributed by atoms with E-state index in [1.165, 1.54) is 0 Å². The number of hydrogen-bond donors (Lipinski definition) is 1. The molecule has 0 aliphatic carbocycles. The van der Waals surface area contributed by atoms with Crippen molar-refractivity contribution in [1.82, 2.24) is 0 Å². The zero-order valence-electron chi connectivity index (χ0n) is 10.8. The van der Waals surface area contributed by atoms with Crippen molar-refractivity contribution in [2.24, 2.45) is 5.92 Å². The first-order valence-corrected chi connectivity index (χ1v) is 7.93. The summed E-state index contributed by atoms with van der Waals surface area (Å²) in [6.45, 7) is 0.109. The molecule has 1 unspecified atom stereocenters. The van der Waals surface area contributed by atoms with E-state index >= 15 is 0 Å². The zero-order valence-corrected chi connectivity index (χ0v) is 13.9. The molecule has 0 saturated carbocycles. The standard InChI is InChI=1S/C16H15BrCl2O/c17-14-6-5-13(16(19)9-14)8-11(10-20)7-12-3-1-2-4-15(12)18/h1-6,9,11,20H,7-8,10H2. The summed E-state index contributed by atoms with van der Waals surface area (Å²) in [4.78, 5) is 0. The van der Waals surface area contributed by atoms with E-state index in [9.17, 15) is 5.11 Å². The zero-order chi connectivity index (χ0) is 14.5. The average molecular weight is 374 g/mol. The van der Waals surface area contributed by atoms with Crippen molar-refractivity contribution in [2.75, 3.05) is 6.61 Å². The van der Waals surface area contributed by atoms with Crippen LogP contribution in [0.2, 0.25) is 10.0 Å². The van der Waals surface area contributed by atoms with E-state index < -0.39 is 0 Å². The molecule has 0 saturated heterocycles. The quantitative estimate of drug-likeness (QED) is 0.768. The fourth-order valence-electron chi connectivity index (χ4n) is 2.17. The predicted octanol–water partition coefficient (Wildman–Crippen LogP) is 5.15. The monoisotopic (exact) mass is 372 g/mol. The van der Waals surface area contributed by atoms with Gasteiger partial charge in [0, 0.05) is 21.1 Å². The number of halogens is 3. The Hall–Kier alpha value is -0.540. The van der Waals surface area contributed by atoms with E-state index in [0.29, 0.717) is 0 Å². The molecule has 4 heteroatoms. The maximum absolute atomic E-state index is 9.59. The van der Waals surface area contributed by atoms with Crippen molar-refractivity contribution >= 4 is 39.1 Å². The minimum absolute atomic E-state index is 0.105. The van der Waals surface area contributed by atoms with Gasteiger partial charge in [0.25, 0.3) is 0 Å². The number of aliphatic hydroxyl groups excluding tert-OH is 1. The van der Waals surface area contributed by atoms with Crippen molar-refractivity contribution in [1.29, 1.82) is 0 Å². The lowest BCUT2D eigenvalue weighted by Crippen LogP contribution is -2.13. The number of rotatable bonds is 5. The Labute approximate surface area is 137 Å². The molecule has 1 N–H and O–H groups in total. The summed E-state index contributed by atoms with van der Waals surface area (Å²) in [6.07, 6.45) is 1.47. The maximum atomic E-state index is 9.59. The molecule has 0 aliphatic rings. The lowest BCUT2D eigenvalue weighted by atomic mass is 9.93. The molecular formula is C16H15BrCl2O. The Morgan fingerprint density at radius 1 is 0.950 bits per heavy atom. The van der Waals surface area contributed by atoms with Gasteiger partial charge < -0.3 is 5.11 Å². The van der Waals surface area contributed by atoms with Gasteiger partial charge in [-0.15, -0.1) is 0 Å². The van der Waals surface area contributed by atoms with E-state index in [0.717, 1.165) is 38.5 Å². The van der Waals surface area contributed by atoms with Crippen LogP contribution in [0.1, 0.15) is 11.1 Å². The van der Waals surface area contributed by atoms with E-state index in [4.69, 9.17) is 23.2 Å². The summed E-state index contributed by atoms with van der Waals surface area (Å²) in [7, 11) is 0. The first-order chi connectivity index (χ1) is 9.60. The summed E-state index contributed by atoms with van der Waals surface area (Å²) in [5.41, 5.74) is 2.10. The highest BCUT2D eigenvalue weighted by atomic mass is 79.9. The Balaban J connectivity index is 2.11. The van der Waals surface area contributed by atoms with E-state index in [-0.39, 0.29) is 12.5 Å². The topological polar surface area (TPSA) is 20.2 Å². The lowest BCUT2D eigenvalue weighted by molar-refractivity contribution is 0.225. The van der Waals surface area contributed by atoms with Gasteiger partial charge in [-0.25, -0.2) is 0 Å². The van der Waals surface area contributed by atoms with Crippen LogP contribution in [0, 0.1) is 5.92 Å². The fourth-order valence-corrected chi connectivity index (χ4v) is 3.14. The van der Waals surface area contributed by atoms with Crippen molar-refractivity contribution in [3.8, 4) is 0 Å². The molecule has 20 heavy (non-hydrogen) atoms. The first kappa shape index (κ1) is 15.8. The molecule has 0 aliphatic heterocycles. The molecule has 0 aromatic heterocycles. The molecule has 0 heterocycles. The average Bonchev–Trinajstić information content (AvgIpc) is 2.43. The molecule has 0 radical (unpaired) electrons. The first-order valence-electron chi connectivity index (χ1n) is 6.38. The number of hydrogen-bond acceptors (Lipinski definition) is 1. The van der Waals surface area contributed by atoms with Crippen LogP contribution in [0.25, 0.3) is 0 Å². The van der Waals surface area contributed by atoms with Crippen LogP contribution >= 0.6 is 39.1 Å². The van der Waals surface area contributed by atoms with Crippen LogP contribution in [0.3, 0.4) is 0 Å². The third-order valence-electron chi connectivity index (χ3n) is 3.25. The molecule has 0 bridgehead atoms. The molecule has 1 nitrogen and oxygen atoms in total. The van der Waals surface area contributed by atoms with Crippen LogP contribution in [-0.4, -0.2) is 11.7 Å². The molecule has 0 amide bonds. The lowest BCUT2D eigenvalue weighted by Gasteiger charge is -2.16. The third-order valence-corrected chi connectivity index (χ3v) is 4.46. The maximum Gasteiger partial charge on any atom is 0.0465 e. The van der Waals surface area contributed by atoms with Gasteiger partial charge >= 0.3 is 0 Å². The van der Waals surface area contributed by atoms with Crippen LogP contribution in [0.4, 0.5) is 0 Å². The molecule has 2 aromatic rings. The van der Waals surface area contributed by atoms with Gasteiger partial charge in [0.05, 0.1) is 0 Å². The van der Waals surface area contributed by atoms with Gasteiger partial charge in [0.2, 0.25) is 0 Å². The normalized spacial score (nSPS) is 12.4. The SMILES string of the molecule is OCC(Cc1ccccc1Cl)Cc1ccc(Br)cc1Cl. The second-order valence-corrected chi connectivity index (χ2v) is 6.51. The molecular weight excluding hydrogens is 359 g/mol. The summed E-state index contributed by atoms with van der Waals surface area (Å²) in [5.74, 6) is 0.105. The Morgan fingerprint density at radius 2 is 1.60 bits per heavy atom. The van der Waals surface area contributed by atoms with Gasteiger partial charge in [0.15, 0.2) is 0 Å². The molecule has 0 spiro atoms. The van der Waals surface area contributed by atoms with Crippen molar-refractivity contribution in [3.05, 3.63) is 68.1 Å². The van der Waals surface area contributed by atoms with Crippen LogP contribution in [0.5, 0.6) is 0 Å². The predicted molar refractivity (Wildman–Crippen MR) is 88.6 cm³/mol. The summed E-state index contributed by atoms with van der Waals surface area (Å²) in [6, 6.07) is 13.6. The smallest absolute Gasteiger partial charge is 0.0465 e. The molecule has 2 rings (SSSR count). The van der Waals surface area contributed by atoms with Crippen molar-refractivity contribution < 1.29 is 5.11 Å². The fraction of sp³-hybridized carbons (Fsp3) is 0.250. The summed E-state index contributed by atoms with van der Waals surface area (Å²) < 4.78 is 0.956.